The van der Waals surface area contributed by atoms with Crippen molar-refractivity contribution < 1.29 is 28.1 Å². The van der Waals surface area contributed by atoms with Gasteiger partial charge in [0.05, 0.1) is 23.7 Å². The molecule has 0 bridgehead atoms. The standard InChI is InChI=1S/C30H29NO6S2/c32-19-21-9-11-22(12-10-21)29-18-26(20-38-27-15-13-25(33)14-16-27)36-30(37-29)23-5-4-6-24(17-23)31-39(34,35)28-7-2-1-3-8-28/h1-17,26,29-33H,18-20H2/t26-,29+,30?/m0/s1. The first-order chi connectivity index (χ1) is 18.9. The lowest BCUT2D eigenvalue weighted by molar-refractivity contribution is -0.245. The number of benzene rings is 4. The van der Waals surface area contributed by atoms with E-state index in [-0.39, 0.29) is 29.5 Å². The summed E-state index contributed by atoms with van der Waals surface area (Å²) in [4.78, 5) is 1.19. The van der Waals surface area contributed by atoms with Crippen molar-refractivity contribution in [2.75, 3.05) is 10.5 Å². The summed E-state index contributed by atoms with van der Waals surface area (Å²) in [5.74, 6) is 0.881. The van der Waals surface area contributed by atoms with E-state index in [0.29, 0.717) is 23.4 Å². The zero-order valence-corrected chi connectivity index (χ0v) is 22.6. The third-order valence-corrected chi connectivity index (χ3v) is 8.89. The maximum absolute atomic E-state index is 12.9. The highest BCUT2D eigenvalue weighted by Crippen LogP contribution is 2.40. The number of nitrogens with one attached hydrogen (secondary N) is 1. The van der Waals surface area contributed by atoms with Gasteiger partial charge in [-0.15, -0.1) is 11.8 Å². The molecule has 3 atom stereocenters. The second-order valence-corrected chi connectivity index (χ2v) is 12.0. The molecule has 0 aromatic heterocycles. The number of aliphatic hydroxyl groups excluding tert-OH is 1. The lowest BCUT2D eigenvalue weighted by Gasteiger charge is -2.36. The van der Waals surface area contributed by atoms with E-state index in [1.807, 2.05) is 42.5 Å². The molecule has 0 radical (unpaired) electrons. The highest BCUT2D eigenvalue weighted by atomic mass is 32.2. The molecular formula is C30H29NO6S2. The first kappa shape index (κ1) is 27.2. The van der Waals surface area contributed by atoms with Crippen LogP contribution in [0.25, 0.3) is 0 Å². The Balaban J connectivity index is 1.37. The number of aliphatic hydroxyl groups is 1. The van der Waals surface area contributed by atoms with Crippen LogP contribution >= 0.6 is 11.8 Å². The first-order valence-corrected chi connectivity index (χ1v) is 15.0. The lowest BCUT2D eigenvalue weighted by atomic mass is 10.0. The van der Waals surface area contributed by atoms with Gasteiger partial charge in [0.25, 0.3) is 10.0 Å². The van der Waals surface area contributed by atoms with Crippen molar-refractivity contribution in [2.24, 2.45) is 0 Å². The van der Waals surface area contributed by atoms with Crippen LogP contribution in [-0.2, 0) is 26.1 Å². The Labute approximate surface area is 232 Å². The first-order valence-electron chi connectivity index (χ1n) is 12.5. The van der Waals surface area contributed by atoms with Gasteiger partial charge in [0, 0.05) is 28.3 Å². The van der Waals surface area contributed by atoms with Crippen LogP contribution in [0.2, 0.25) is 0 Å². The summed E-state index contributed by atoms with van der Waals surface area (Å²) >= 11 is 1.63. The molecule has 4 aromatic carbocycles. The largest absolute Gasteiger partial charge is 0.508 e. The predicted octanol–water partition coefficient (Wildman–Crippen LogP) is 6.02. The van der Waals surface area contributed by atoms with Gasteiger partial charge in [-0.3, -0.25) is 4.72 Å². The SMILES string of the molecule is O=S(=O)(Nc1cccc(C2O[C@H](CSc3ccc(O)cc3)C[C@H](c3ccc(CO)cc3)O2)c1)c1ccccc1. The number of hydrogen-bond acceptors (Lipinski definition) is 7. The fourth-order valence-electron chi connectivity index (χ4n) is 4.32. The normalized spacial score (nSPS) is 19.5. The van der Waals surface area contributed by atoms with E-state index in [9.17, 15) is 18.6 Å². The topological polar surface area (TPSA) is 105 Å². The molecule has 39 heavy (non-hydrogen) atoms. The number of aromatic hydroxyl groups is 1. The molecule has 1 aliphatic heterocycles. The molecular weight excluding hydrogens is 534 g/mol. The summed E-state index contributed by atoms with van der Waals surface area (Å²) in [6.45, 7) is -0.0326. The van der Waals surface area contributed by atoms with E-state index in [1.165, 1.54) is 0 Å². The summed E-state index contributed by atoms with van der Waals surface area (Å²) in [5, 5.41) is 19.0. The molecule has 0 amide bonds. The minimum absolute atomic E-state index is 0.0326. The number of anilines is 1. The monoisotopic (exact) mass is 563 g/mol. The Morgan fingerprint density at radius 2 is 1.59 bits per heavy atom. The van der Waals surface area contributed by atoms with Gasteiger partial charge in [0.1, 0.15) is 5.75 Å². The number of phenols is 1. The summed E-state index contributed by atoms with van der Waals surface area (Å²) < 4.78 is 41.1. The fourth-order valence-corrected chi connectivity index (χ4v) is 6.31. The van der Waals surface area contributed by atoms with Gasteiger partial charge in [-0.2, -0.15) is 0 Å². The molecule has 1 heterocycles. The predicted molar refractivity (Wildman–Crippen MR) is 151 cm³/mol. The van der Waals surface area contributed by atoms with Crippen molar-refractivity contribution in [1.82, 2.24) is 0 Å². The van der Waals surface area contributed by atoms with Crippen LogP contribution in [0.5, 0.6) is 5.75 Å². The van der Waals surface area contributed by atoms with Gasteiger partial charge >= 0.3 is 0 Å². The van der Waals surface area contributed by atoms with Gasteiger partial charge in [0.2, 0.25) is 0 Å². The van der Waals surface area contributed by atoms with Gasteiger partial charge in [-0.25, -0.2) is 8.42 Å². The molecule has 1 fully saturated rings. The van der Waals surface area contributed by atoms with E-state index in [0.717, 1.165) is 16.0 Å². The maximum Gasteiger partial charge on any atom is 0.261 e. The Kier molecular flexibility index (Phi) is 8.54. The Morgan fingerprint density at radius 1 is 0.846 bits per heavy atom. The highest BCUT2D eigenvalue weighted by Gasteiger charge is 2.32. The molecule has 202 valence electrons. The summed E-state index contributed by atoms with van der Waals surface area (Å²) in [5.41, 5.74) is 2.90. The van der Waals surface area contributed by atoms with Crippen molar-refractivity contribution in [3.05, 3.63) is 120 Å². The van der Waals surface area contributed by atoms with Gasteiger partial charge < -0.3 is 19.7 Å². The van der Waals surface area contributed by atoms with Crippen LogP contribution in [0.1, 0.15) is 35.5 Å². The zero-order valence-electron chi connectivity index (χ0n) is 21.0. The minimum atomic E-state index is -3.75. The summed E-state index contributed by atoms with van der Waals surface area (Å²) in [7, 11) is -3.75. The molecule has 1 aliphatic rings. The third-order valence-electron chi connectivity index (χ3n) is 6.35. The Morgan fingerprint density at radius 3 is 2.31 bits per heavy atom. The summed E-state index contributed by atoms with van der Waals surface area (Å²) in [6.07, 6.45) is -0.505. The number of phenolic OH excluding ortho intramolecular Hbond substituents is 1. The number of rotatable bonds is 9. The van der Waals surface area contributed by atoms with Gasteiger partial charge in [-0.1, -0.05) is 54.6 Å². The number of thioether (sulfide) groups is 1. The Hall–Kier alpha value is -3.34. The van der Waals surface area contributed by atoms with Gasteiger partial charge in [0.15, 0.2) is 6.29 Å². The molecule has 0 saturated carbocycles. The number of hydrogen-bond donors (Lipinski definition) is 3. The van der Waals surface area contributed by atoms with Crippen LogP contribution in [0.15, 0.2) is 113 Å². The zero-order chi connectivity index (χ0) is 27.2. The third kappa shape index (κ3) is 7.00. The van der Waals surface area contributed by atoms with E-state index < -0.39 is 16.3 Å². The molecule has 9 heteroatoms. The van der Waals surface area contributed by atoms with Crippen molar-refractivity contribution in [3.63, 3.8) is 0 Å². The molecule has 0 spiro atoms. The molecule has 5 rings (SSSR count). The van der Waals surface area contributed by atoms with Crippen LogP contribution < -0.4 is 4.72 Å². The minimum Gasteiger partial charge on any atom is -0.508 e. The lowest BCUT2D eigenvalue weighted by Crippen LogP contribution is -2.31. The second-order valence-electron chi connectivity index (χ2n) is 9.20. The van der Waals surface area contributed by atoms with E-state index in [4.69, 9.17) is 9.47 Å². The second kappa shape index (κ2) is 12.2. The molecule has 1 saturated heterocycles. The molecule has 3 N–H and O–H groups in total. The van der Waals surface area contributed by atoms with Crippen molar-refractivity contribution in [3.8, 4) is 5.75 Å². The van der Waals surface area contributed by atoms with Crippen molar-refractivity contribution in [2.45, 2.75) is 41.3 Å². The average molecular weight is 564 g/mol. The smallest absolute Gasteiger partial charge is 0.261 e. The average Bonchev–Trinajstić information content (AvgIpc) is 2.97. The highest BCUT2D eigenvalue weighted by molar-refractivity contribution is 7.99. The summed E-state index contributed by atoms with van der Waals surface area (Å²) in [6, 6.07) is 30.0. The number of ether oxygens (including phenoxy) is 2. The molecule has 1 unspecified atom stereocenters. The van der Waals surface area contributed by atoms with Crippen LogP contribution in [0, 0.1) is 0 Å². The van der Waals surface area contributed by atoms with Crippen LogP contribution in [0.3, 0.4) is 0 Å². The fraction of sp³-hybridized carbons (Fsp3) is 0.200. The van der Waals surface area contributed by atoms with Crippen molar-refractivity contribution >= 4 is 27.5 Å². The van der Waals surface area contributed by atoms with E-state index in [1.54, 1.807) is 72.4 Å². The van der Waals surface area contributed by atoms with Gasteiger partial charge in [-0.05, 0) is 59.7 Å². The van der Waals surface area contributed by atoms with E-state index >= 15 is 0 Å². The quantitative estimate of drug-likeness (QED) is 0.214. The molecule has 7 nitrogen and oxygen atoms in total. The number of sulfonamides is 1. The van der Waals surface area contributed by atoms with Crippen molar-refractivity contribution in [1.29, 1.82) is 0 Å². The van der Waals surface area contributed by atoms with Crippen LogP contribution in [0.4, 0.5) is 5.69 Å². The van der Waals surface area contributed by atoms with E-state index in [2.05, 4.69) is 4.72 Å². The molecule has 0 aliphatic carbocycles. The van der Waals surface area contributed by atoms with Crippen LogP contribution in [-0.4, -0.2) is 30.5 Å². The Bertz CT molecular complexity index is 1480. The molecule has 4 aromatic rings. The maximum atomic E-state index is 12.9.